The van der Waals surface area contributed by atoms with E-state index in [1.54, 1.807) is 12.2 Å². The summed E-state index contributed by atoms with van der Waals surface area (Å²) in [6.45, 7) is 14.5. The molecule has 1 aromatic rings. The summed E-state index contributed by atoms with van der Waals surface area (Å²) >= 11 is 0. The fourth-order valence-corrected chi connectivity index (χ4v) is 8.98. The number of hydrogen-bond acceptors (Lipinski definition) is 8. The minimum absolute atomic E-state index is 0.0754. The minimum Gasteiger partial charge on any atom is -0.455 e. The fourth-order valence-electron chi connectivity index (χ4n) is 8.98. The molecule has 280 valence electrons. The van der Waals surface area contributed by atoms with E-state index < -0.39 is 65.2 Å². The predicted octanol–water partition coefficient (Wildman–Crippen LogP) is 4.35. The number of cyclic esters (lactones) is 1. The molecule has 2 saturated heterocycles. The second kappa shape index (κ2) is 15.2. The number of rotatable bonds is 9. The van der Waals surface area contributed by atoms with Gasteiger partial charge >= 0.3 is 5.97 Å². The third-order valence-corrected chi connectivity index (χ3v) is 10.5. The van der Waals surface area contributed by atoms with Crippen LogP contribution in [0.1, 0.15) is 85.8 Å². The average molecular weight is 708 g/mol. The molecular formula is C40H57N3O8. The molecule has 0 saturated carbocycles. The number of amides is 3. The van der Waals surface area contributed by atoms with E-state index in [1.807, 2.05) is 75.1 Å². The largest absolute Gasteiger partial charge is 0.455 e. The smallest absolute Gasteiger partial charge is 0.313 e. The molecule has 4 aliphatic heterocycles. The van der Waals surface area contributed by atoms with Gasteiger partial charge in [0.05, 0.1) is 37.3 Å². The number of aliphatic hydroxyl groups excluding tert-OH is 1. The molecule has 51 heavy (non-hydrogen) atoms. The van der Waals surface area contributed by atoms with Gasteiger partial charge in [0.2, 0.25) is 17.7 Å². The van der Waals surface area contributed by atoms with Crippen LogP contribution in [0.25, 0.3) is 0 Å². The van der Waals surface area contributed by atoms with Crippen LogP contribution in [0.2, 0.25) is 0 Å². The van der Waals surface area contributed by atoms with Crippen molar-refractivity contribution < 1.29 is 38.5 Å². The Hall–Kier alpha value is -3.54. The first-order valence-corrected chi connectivity index (χ1v) is 18.3. The number of ether oxygens (including phenoxy) is 3. The number of fused-ring (bicyclic) bond motifs is 2. The first-order valence-electron chi connectivity index (χ1n) is 18.3. The van der Waals surface area contributed by atoms with Crippen molar-refractivity contribution in [3.05, 3.63) is 60.2 Å². The topological polar surface area (TPSA) is 135 Å². The molecule has 0 unspecified atom stereocenters. The molecule has 3 amide bonds. The highest BCUT2D eigenvalue weighted by Crippen LogP contribution is 2.54. The zero-order valence-corrected chi connectivity index (χ0v) is 31.5. The standard InChI is InChI=1S/C40H57N3O8/c1-25(2)21-27(22-44)43-34-36(47)42(39(6,7)24-38(3,4)5)20-14-19-40(34)32(35(43)46)31-29(51-40)17-12-13-18-30(45)41-28(23-49-8)33(50-37(31)48)26-15-10-9-11-16-26/h9-12,14-17,19,25,27-29,31-34,44H,13,18,20-24H2,1-8H3,(H,41,45)/b17-12-/t27-,28-,29-,31+,32+,33-,34-,40+/m1/s1. The zero-order valence-electron chi connectivity index (χ0n) is 31.5. The van der Waals surface area contributed by atoms with Gasteiger partial charge in [-0.3, -0.25) is 19.2 Å². The maximum atomic E-state index is 15.1. The van der Waals surface area contributed by atoms with E-state index in [2.05, 4.69) is 26.1 Å². The first-order chi connectivity index (χ1) is 24.0. The Kier molecular flexibility index (Phi) is 11.5. The number of allylic oxidation sites excluding steroid dienone is 1. The lowest BCUT2D eigenvalue weighted by atomic mass is 9.77. The number of esters is 1. The number of nitrogens with zero attached hydrogens (tertiary/aromatic N) is 2. The van der Waals surface area contributed by atoms with Crippen LogP contribution in [-0.4, -0.2) is 101 Å². The Morgan fingerprint density at radius 1 is 1.04 bits per heavy atom. The molecule has 8 atom stereocenters. The van der Waals surface area contributed by atoms with Gasteiger partial charge in [-0.2, -0.15) is 0 Å². The van der Waals surface area contributed by atoms with E-state index in [1.165, 1.54) is 12.0 Å². The molecule has 4 heterocycles. The highest BCUT2D eigenvalue weighted by atomic mass is 16.6. The van der Waals surface area contributed by atoms with Crippen LogP contribution in [0.5, 0.6) is 0 Å². The summed E-state index contributed by atoms with van der Waals surface area (Å²) in [4.78, 5) is 61.3. The Bertz CT molecular complexity index is 1500. The molecule has 1 spiro atoms. The average Bonchev–Trinajstić information content (AvgIpc) is 3.43. The van der Waals surface area contributed by atoms with E-state index in [-0.39, 0.29) is 42.8 Å². The van der Waals surface area contributed by atoms with Crippen molar-refractivity contribution >= 4 is 23.7 Å². The highest BCUT2D eigenvalue weighted by Gasteiger charge is 2.73. The molecule has 1 aromatic carbocycles. The first kappa shape index (κ1) is 38.7. The molecule has 5 rings (SSSR count). The Balaban J connectivity index is 1.65. The third-order valence-electron chi connectivity index (χ3n) is 10.5. The summed E-state index contributed by atoms with van der Waals surface area (Å²) in [6, 6.07) is 6.63. The molecule has 2 fully saturated rings. The molecule has 0 aromatic heterocycles. The van der Waals surface area contributed by atoms with Crippen LogP contribution in [0.3, 0.4) is 0 Å². The number of carbonyl (C=O) groups is 4. The van der Waals surface area contributed by atoms with Gasteiger partial charge in [0.1, 0.15) is 23.7 Å². The van der Waals surface area contributed by atoms with Crippen LogP contribution in [-0.2, 0) is 33.4 Å². The number of nitrogens with one attached hydrogen (secondary N) is 1. The van der Waals surface area contributed by atoms with Crippen molar-refractivity contribution in [2.24, 2.45) is 23.2 Å². The van der Waals surface area contributed by atoms with Gasteiger partial charge in [0.25, 0.3) is 0 Å². The summed E-state index contributed by atoms with van der Waals surface area (Å²) in [7, 11) is 1.52. The maximum absolute atomic E-state index is 15.1. The monoisotopic (exact) mass is 707 g/mol. The van der Waals surface area contributed by atoms with Gasteiger partial charge in [0, 0.05) is 25.6 Å². The Morgan fingerprint density at radius 3 is 2.37 bits per heavy atom. The van der Waals surface area contributed by atoms with Crippen LogP contribution >= 0.6 is 0 Å². The Labute approximate surface area is 302 Å². The highest BCUT2D eigenvalue weighted by molar-refractivity contribution is 5.99. The molecule has 2 N–H and O–H groups in total. The van der Waals surface area contributed by atoms with Crippen molar-refractivity contribution in [3.63, 3.8) is 0 Å². The van der Waals surface area contributed by atoms with E-state index in [0.717, 1.165) is 0 Å². The molecule has 0 bridgehead atoms. The number of likely N-dealkylation sites (tertiary alicyclic amines) is 1. The third kappa shape index (κ3) is 7.81. The number of carbonyl (C=O) groups excluding carboxylic acids is 4. The second-order valence-corrected chi connectivity index (χ2v) is 16.8. The van der Waals surface area contributed by atoms with Gasteiger partial charge in [-0.1, -0.05) is 89.3 Å². The molecule has 4 aliphatic rings. The summed E-state index contributed by atoms with van der Waals surface area (Å²) < 4.78 is 18.8. The van der Waals surface area contributed by atoms with Crippen LogP contribution in [0.15, 0.2) is 54.6 Å². The van der Waals surface area contributed by atoms with Crippen LogP contribution in [0, 0.1) is 23.2 Å². The Morgan fingerprint density at radius 2 is 1.75 bits per heavy atom. The predicted molar refractivity (Wildman–Crippen MR) is 192 cm³/mol. The van der Waals surface area contributed by atoms with Gasteiger partial charge in [0.15, 0.2) is 0 Å². The van der Waals surface area contributed by atoms with Crippen molar-refractivity contribution in [2.45, 2.75) is 116 Å². The molecule has 0 radical (unpaired) electrons. The second-order valence-electron chi connectivity index (χ2n) is 16.8. The summed E-state index contributed by atoms with van der Waals surface area (Å²) in [5.74, 6) is -3.71. The summed E-state index contributed by atoms with van der Waals surface area (Å²) in [6.07, 6.45) is 7.07. The molecule has 0 aliphatic carbocycles. The minimum atomic E-state index is -1.51. The number of methoxy groups -OCH3 is 1. The summed E-state index contributed by atoms with van der Waals surface area (Å²) in [5.41, 5.74) is -1.54. The lowest BCUT2D eigenvalue weighted by molar-refractivity contribution is -0.163. The van der Waals surface area contributed by atoms with Crippen LogP contribution < -0.4 is 5.32 Å². The zero-order chi connectivity index (χ0) is 37.3. The molecular weight excluding hydrogens is 650 g/mol. The number of hydrogen-bond donors (Lipinski definition) is 2. The van der Waals surface area contributed by atoms with Gasteiger partial charge in [-0.05, 0) is 50.0 Å². The van der Waals surface area contributed by atoms with Crippen molar-refractivity contribution in [1.29, 1.82) is 0 Å². The van der Waals surface area contributed by atoms with E-state index in [0.29, 0.717) is 31.4 Å². The van der Waals surface area contributed by atoms with Gasteiger partial charge < -0.3 is 34.4 Å². The quantitative estimate of drug-likeness (QED) is 0.286. The van der Waals surface area contributed by atoms with E-state index in [4.69, 9.17) is 14.2 Å². The number of aliphatic hydroxyl groups is 1. The molecule has 11 heteroatoms. The van der Waals surface area contributed by atoms with Gasteiger partial charge in [-0.15, -0.1) is 0 Å². The van der Waals surface area contributed by atoms with Crippen molar-refractivity contribution in [2.75, 3.05) is 26.9 Å². The van der Waals surface area contributed by atoms with E-state index in [9.17, 15) is 14.7 Å². The maximum Gasteiger partial charge on any atom is 0.313 e. The lowest BCUT2D eigenvalue weighted by Gasteiger charge is -2.45. The molecule has 11 nitrogen and oxygen atoms in total. The normalized spacial score (nSPS) is 31.6. The SMILES string of the molecule is COC[C@H]1NC(=O)CC/C=C\[C@H]2O[C@]34C=CCN(C(C)(C)CC(C)(C)C)C(=O)[C@H]3N([C@@H](CO)CC(C)C)C(=O)[C@@H]4[C@H]2C(=O)O[C@@H]1c1ccccc1. The fraction of sp³-hybridized carbons (Fsp3) is 0.650. The number of benzene rings is 1. The summed E-state index contributed by atoms with van der Waals surface area (Å²) in [5, 5.41) is 13.8. The van der Waals surface area contributed by atoms with Crippen molar-refractivity contribution in [3.8, 4) is 0 Å². The van der Waals surface area contributed by atoms with Crippen LogP contribution in [0.4, 0.5) is 0 Å². The van der Waals surface area contributed by atoms with Crippen molar-refractivity contribution in [1.82, 2.24) is 15.1 Å². The van der Waals surface area contributed by atoms with E-state index >= 15 is 9.59 Å². The lowest BCUT2D eigenvalue weighted by Crippen LogP contribution is -2.61. The van der Waals surface area contributed by atoms with Gasteiger partial charge in [-0.25, -0.2) is 0 Å².